The van der Waals surface area contributed by atoms with Crippen molar-refractivity contribution >= 4 is 39.1 Å². The summed E-state index contributed by atoms with van der Waals surface area (Å²) in [6.45, 7) is 3.01. The number of anilines is 1. The molecule has 0 aliphatic heterocycles. The molecule has 0 aliphatic rings. The van der Waals surface area contributed by atoms with Gasteiger partial charge in [0.15, 0.2) is 0 Å². The summed E-state index contributed by atoms with van der Waals surface area (Å²) in [6, 6.07) is 14.3. The molecule has 4 aromatic rings. The van der Waals surface area contributed by atoms with Crippen LogP contribution < -0.4 is 10.1 Å². The first-order valence-electron chi connectivity index (χ1n) is 10.8. The van der Waals surface area contributed by atoms with Crippen LogP contribution in [0, 0.1) is 6.92 Å². The highest BCUT2D eigenvalue weighted by atomic mass is 79.9. The van der Waals surface area contributed by atoms with Gasteiger partial charge in [0.05, 0.1) is 27.1 Å². The summed E-state index contributed by atoms with van der Waals surface area (Å²) in [5.41, 5.74) is 3.21. The molecule has 0 unspecified atom stereocenters. The zero-order valence-corrected chi connectivity index (χ0v) is 21.7. The Kier molecular flexibility index (Phi) is 7.80. The Bertz CT molecular complexity index is 1340. The van der Waals surface area contributed by atoms with E-state index in [1.165, 1.54) is 0 Å². The largest absolute Gasteiger partial charge is 0.491 e. The number of halogens is 2. The minimum Gasteiger partial charge on any atom is -0.491 e. The van der Waals surface area contributed by atoms with Crippen molar-refractivity contribution in [2.75, 3.05) is 32.6 Å². The van der Waals surface area contributed by atoms with Crippen molar-refractivity contribution in [3.63, 3.8) is 0 Å². The van der Waals surface area contributed by atoms with Crippen LogP contribution in [0.4, 0.5) is 5.69 Å². The molecule has 0 atom stereocenters. The summed E-state index contributed by atoms with van der Waals surface area (Å²) in [5.74, 6) is 1.31. The van der Waals surface area contributed by atoms with Gasteiger partial charge in [0.2, 0.25) is 11.7 Å². The van der Waals surface area contributed by atoms with Gasteiger partial charge in [-0.25, -0.2) is 0 Å². The maximum absolute atomic E-state index is 12.8. The molecular weight excluding hydrogens is 534 g/mol. The fraction of sp³-hybridized carbons (Fsp3) is 0.200. The smallest absolute Gasteiger partial charge is 0.255 e. The highest BCUT2D eigenvalue weighted by molar-refractivity contribution is 9.10. The minimum absolute atomic E-state index is 0.262. The summed E-state index contributed by atoms with van der Waals surface area (Å²) in [5, 5.41) is 7.28. The lowest BCUT2D eigenvalue weighted by Gasteiger charge is -2.13. The fourth-order valence-corrected chi connectivity index (χ4v) is 3.84. The first kappa shape index (κ1) is 24.8. The van der Waals surface area contributed by atoms with E-state index >= 15 is 0 Å². The van der Waals surface area contributed by atoms with Crippen molar-refractivity contribution in [1.82, 2.24) is 20.0 Å². The van der Waals surface area contributed by atoms with Crippen LogP contribution >= 0.6 is 27.5 Å². The molecule has 8 nitrogen and oxygen atoms in total. The second-order valence-corrected chi connectivity index (χ2v) is 9.28. The van der Waals surface area contributed by atoms with Gasteiger partial charge in [-0.15, -0.1) is 0 Å². The van der Waals surface area contributed by atoms with Crippen molar-refractivity contribution in [2.24, 2.45) is 0 Å². The second kappa shape index (κ2) is 11.0. The maximum atomic E-state index is 12.8. The molecule has 1 N–H and O–H groups in total. The van der Waals surface area contributed by atoms with Gasteiger partial charge in [0.25, 0.3) is 5.91 Å². The summed E-state index contributed by atoms with van der Waals surface area (Å²) in [6.07, 6.45) is 1.59. The number of nitrogens with zero attached hydrogens (tertiary/aromatic N) is 4. The van der Waals surface area contributed by atoms with Gasteiger partial charge in [-0.1, -0.05) is 28.9 Å². The SMILES string of the molecule is Cc1nc(-c2ccc(-c3ccc(NC(=O)c4ccc(Br)c(OCCN(C)C)c4)cn3)c(Cl)c2)no1. The molecule has 1 amide bonds. The first-order valence-corrected chi connectivity index (χ1v) is 11.9. The van der Waals surface area contributed by atoms with Crippen LogP contribution in [-0.2, 0) is 0 Å². The molecule has 4 rings (SSSR count). The third kappa shape index (κ3) is 6.25. The van der Waals surface area contributed by atoms with Gasteiger partial charge in [0, 0.05) is 30.2 Å². The van der Waals surface area contributed by atoms with Gasteiger partial charge in [-0.2, -0.15) is 4.98 Å². The van der Waals surface area contributed by atoms with Gasteiger partial charge >= 0.3 is 0 Å². The van der Waals surface area contributed by atoms with E-state index in [9.17, 15) is 4.79 Å². The van der Waals surface area contributed by atoms with E-state index in [-0.39, 0.29) is 5.91 Å². The lowest BCUT2D eigenvalue weighted by atomic mass is 10.1. The molecule has 2 heterocycles. The average molecular weight is 557 g/mol. The van der Waals surface area contributed by atoms with E-state index in [2.05, 4.69) is 36.4 Å². The van der Waals surface area contributed by atoms with Gasteiger partial charge in [-0.05, 0) is 66.4 Å². The number of carbonyl (C=O) groups excluding carboxylic acids is 1. The van der Waals surface area contributed by atoms with E-state index < -0.39 is 0 Å². The number of amides is 1. The Morgan fingerprint density at radius 3 is 2.66 bits per heavy atom. The minimum atomic E-state index is -0.262. The van der Waals surface area contributed by atoms with Crippen LogP contribution in [0.2, 0.25) is 5.02 Å². The molecule has 0 radical (unpaired) electrons. The zero-order valence-electron chi connectivity index (χ0n) is 19.4. The van der Waals surface area contributed by atoms with Gasteiger partial charge in [0.1, 0.15) is 12.4 Å². The Balaban J connectivity index is 1.44. The number of aryl methyl sites for hydroxylation is 1. The molecule has 0 spiro atoms. The highest BCUT2D eigenvalue weighted by Gasteiger charge is 2.13. The van der Waals surface area contributed by atoms with Crippen LogP contribution in [0.15, 0.2) is 63.7 Å². The summed E-state index contributed by atoms with van der Waals surface area (Å²) in [7, 11) is 3.95. The van der Waals surface area contributed by atoms with Crippen molar-refractivity contribution in [1.29, 1.82) is 0 Å². The average Bonchev–Trinajstić information content (AvgIpc) is 3.27. The van der Waals surface area contributed by atoms with Crippen LogP contribution in [-0.4, -0.2) is 53.2 Å². The van der Waals surface area contributed by atoms with Crippen LogP contribution in [0.25, 0.3) is 22.6 Å². The van der Waals surface area contributed by atoms with Gasteiger partial charge < -0.3 is 19.5 Å². The molecule has 0 bridgehead atoms. The number of likely N-dealkylation sites (N-methyl/N-ethyl adjacent to an activating group) is 1. The molecular formula is C25H23BrClN5O3. The van der Waals surface area contributed by atoms with E-state index in [1.807, 2.05) is 31.1 Å². The van der Waals surface area contributed by atoms with Crippen molar-refractivity contribution in [3.8, 4) is 28.4 Å². The predicted molar refractivity (Wildman–Crippen MR) is 139 cm³/mol. The maximum Gasteiger partial charge on any atom is 0.255 e. The Hall–Kier alpha value is -3.27. The van der Waals surface area contributed by atoms with E-state index in [4.69, 9.17) is 20.9 Å². The number of carbonyl (C=O) groups is 1. The Labute approximate surface area is 216 Å². The van der Waals surface area contributed by atoms with Gasteiger partial charge in [-0.3, -0.25) is 9.78 Å². The monoisotopic (exact) mass is 555 g/mol. The Morgan fingerprint density at radius 2 is 2.00 bits per heavy atom. The van der Waals surface area contributed by atoms with Crippen molar-refractivity contribution in [3.05, 3.63) is 75.7 Å². The normalized spacial score (nSPS) is 11.0. The molecule has 0 aliphatic carbocycles. The predicted octanol–water partition coefficient (Wildman–Crippen LogP) is 5.72. The molecule has 180 valence electrons. The topological polar surface area (TPSA) is 93.4 Å². The van der Waals surface area contributed by atoms with Crippen molar-refractivity contribution in [2.45, 2.75) is 6.92 Å². The van der Waals surface area contributed by atoms with Crippen LogP contribution in [0.1, 0.15) is 16.2 Å². The number of hydrogen-bond donors (Lipinski definition) is 1. The number of benzene rings is 2. The molecule has 10 heteroatoms. The summed E-state index contributed by atoms with van der Waals surface area (Å²) in [4.78, 5) is 23.5. The Morgan fingerprint density at radius 1 is 1.17 bits per heavy atom. The van der Waals surface area contributed by atoms with Crippen LogP contribution in [0.3, 0.4) is 0 Å². The van der Waals surface area contributed by atoms with Crippen molar-refractivity contribution < 1.29 is 14.1 Å². The lowest BCUT2D eigenvalue weighted by molar-refractivity contribution is 0.102. The molecule has 35 heavy (non-hydrogen) atoms. The second-order valence-electron chi connectivity index (χ2n) is 8.01. The third-order valence-corrected chi connectivity index (χ3v) is 6.01. The molecule has 2 aromatic carbocycles. The number of pyridine rings is 1. The number of nitrogens with one attached hydrogen (secondary N) is 1. The molecule has 2 aromatic heterocycles. The van der Waals surface area contributed by atoms with E-state index in [0.29, 0.717) is 46.0 Å². The number of hydrogen-bond acceptors (Lipinski definition) is 7. The fourth-order valence-electron chi connectivity index (χ4n) is 3.20. The third-order valence-electron chi connectivity index (χ3n) is 5.04. The summed E-state index contributed by atoms with van der Waals surface area (Å²) < 4.78 is 11.6. The van der Waals surface area contributed by atoms with E-state index in [1.54, 1.807) is 49.5 Å². The number of aromatic nitrogens is 3. The first-order chi connectivity index (χ1) is 16.8. The molecule has 0 saturated heterocycles. The summed E-state index contributed by atoms with van der Waals surface area (Å²) >= 11 is 9.96. The quantitative estimate of drug-likeness (QED) is 0.297. The molecule has 0 fully saturated rings. The number of ether oxygens (including phenoxy) is 1. The molecule has 0 saturated carbocycles. The zero-order chi connectivity index (χ0) is 24.9. The van der Waals surface area contributed by atoms with Crippen LogP contribution in [0.5, 0.6) is 5.75 Å². The van der Waals surface area contributed by atoms with E-state index in [0.717, 1.165) is 22.1 Å². The lowest BCUT2D eigenvalue weighted by Crippen LogP contribution is -2.19. The standard InChI is InChI=1S/C25H23BrClN5O3/c1-15-29-24(31-35-15)16-4-7-19(21(27)12-16)22-9-6-18(14-28-22)30-25(33)17-5-8-20(26)23(13-17)34-11-10-32(2)3/h4-9,12-14H,10-11H2,1-3H3,(H,30,33). The highest BCUT2D eigenvalue weighted by Crippen LogP contribution is 2.31. The number of rotatable bonds is 8.